The lowest BCUT2D eigenvalue weighted by Crippen LogP contribution is -2.40. The van der Waals surface area contributed by atoms with E-state index in [9.17, 15) is 4.79 Å². The SMILES string of the molecule is Cc1cc(Cc2ccccc2Cl)cc([C@H]2CCCN(C(=O)Cc3c(C)noc3C)C2)n1. The number of pyridine rings is 1. The molecular weight excluding hydrogens is 410 g/mol. The maximum absolute atomic E-state index is 13.0. The minimum Gasteiger partial charge on any atom is -0.361 e. The number of aryl methyl sites for hydroxylation is 3. The molecule has 0 saturated carbocycles. The number of carbonyl (C=O) groups excluding carboxylic acids is 1. The van der Waals surface area contributed by atoms with Crippen molar-refractivity contribution in [3.63, 3.8) is 0 Å². The number of halogens is 1. The molecule has 2 aromatic heterocycles. The van der Waals surface area contributed by atoms with Gasteiger partial charge in [-0.1, -0.05) is 35.0 Å². The molecule has 3 aromatic rings. The summed E-state index contributed by atoms with van der Waals surface area (Å²) in [5.74, 6) is 1.10. The standard InChI is InChI=1S/C25H28ClN3O2/c1-16-11-19(12-20-7-4-5-9-23(20)26)13-24(27-16)21-8-6-10-29(15-21)25(30)14-22-17(2)28-31-18(22)3/h4-5,7,9,11,13,21H,6,8,10,12,14-15H2,1-3H3/t21-/m0/s1. The first-order chi connectivity index (χ1) is 14.9. The third kappa shape index (κ3) is 4.99. The minimum atomic E-state index is 0.128. The first-order valence-corrected chi connectivity index (χ1v) is 11.2. The predicted molar refractivity (Wildman–Crippen MR) is 121 cm³/mol. The molecule has 0 radical (unpaired) electrons. The first kappa shape index (κ1) is 21.6. The molecule has 1 saturated heterocycles. The number of nitrogens with zero attached hydrogens (tertiary/aromatic N) is 3. The summed E-state index contributed by atoms with van der Waals surface area (Å²) < 4.78 is 5.22. The van der Waals surface area contributed by atoms with Crippen LogP contribution in [0.25, 0.3) is 0 Å². The number of benzene rings is 1. The lowest BCUT2D eigenvalue weighted by Gasteiger charge is -2.33. The molecule has 3 heterocycles. The smallest absolute Gasteiger partial charge is 0.227 e. The minimum absolute atomic E-state index is 0.128. The van der Waals surface area contributed by atoms with E-state index >= 15 is 0 Å². The largest absolute Gasteiger partial charge is 0.361 e. The Morgan fingerprint density at radius 2 is 2.03 bits per heavy atom. The highest BCUT2D eigenvalue weighted by Gasteiger charge is 2.27. The monoisotopic (exact) mass is 437 g/mol. The predicted octanol–water partition coefficient (Wildman–Crippen LogP) is 5.19. The molecule has 162 valence electrons. The van der Waals surface area contributed by atoms with Gasteiger partial charge in [0.25, 0.3) is 0 Å². The Balaban J connectivity index is 1.49. The Labute approximate surface area is 188 Å². The average Bonchev–Trinajstić information content (AvgIpc) is 3.07. The zero-order valence-electron chi connectivity index (χ0n) is 18.3. The van der Waals surface area contributed by atoms with Gasteiger partial charge < -0.3 is 9.42 Å². The van der Waals surface area contributed by atoms with Crippen molar-refractivity contribution < 1.29 is 9.32 Å². The summed E-state index contributed by atoms with van der Waals surface area (Å²) in [7, 11) is 0. The van der Waals surface area contributed by atoms with E-state index in [-0.39, 0.29) is 11.8 Å². The van der Waals surface area contributed by atoms with Crippen molar-refractivity contribution in [2.24, 2.45) is 0 Å². The van der Waals surface area contributed by atoms with Crippen LogP contribution in [0.2, 0.25) is 5.02 Å². The summed E-state index contributed by atoms with van der Waals surface area (Å²) in [6.07, 6.45) is 3.13. The summed E-state index contributed by atoms with van der Waals surface area (Å²) in [6.45, 7) is 7.26. The van der Waals surface area contributed by atoms with Gasteiger partial charge in [-0.3, -0.25) is 9.78 Å². The molecule has 4 rings (SSSR count). The van der Waals surface area contributed by atoms with Crippen molar-refractivity contribution in [3.8, 4) is 0 Å². The van der Waals surface area contributed by atoms with Gasteiger partial charge in [0.05, 0.1) is 12.1 Å². The van der Waals surface area contributed by atoms with Crippen LogP contribution in [-0.2, 0) is 17.6 Å². The Kier molecular flexibility index (Phi) is 6.42. The molecule has 1 aliphatic rings. The third-order valence-electron chi connectivity index (χ3n) is 6.09. The summed E-state index contributed by atoms with van der Waals surface area (Å²) >= 11 is 6.37. The Morgan fingerprint density at radius 3 is 2.77 bits per heavy atom. The second-order valence-electron chi connectivity index (χ2n) is 8.47. The van der Waals surface area contributed by atoms with Crippen molar-refractivity contribution >= 4 is 17.5 Å². The summed E-state index contributed by atoms with van der Waals surface area (Å²) in [5.41, 5.74) is 6.08. The lowest BCUT2D eigenvalue weighted by molar-refractivity contribution is -0.131. The maximum Gasteiger partial charge on any atom is 0.227 e. The Morgan fingerprint density at radius 1 is 1.23 bits per heavy atom. The van der Waals surface area contributed by atoms with Gasteiger partial charge in [-0.05, 0) is 69.4 Å². The van der Waals surface area contributed by atoms with Crippen molar-refractivity contribution in [2.75, 3.05) is 13.1 Å². The van der Waals surface area contributed by atoms with Crippen molar-refractivity contribution in [1.29, 1.82) is 0 Å². The Bertz CT molecular complexity index is 1070. The number of rotatable bonds is 5. The number of amides is 1. The normalized spacial score (nSPS) is 16.5. The quantitative estimate of drug-likeness (QED) is 0.551. The molecule has 31 heavy (non-hydrogen) atoms. The van der Waals surface area contributed by atoms with Crippen molar-refractivity contribution in [1.82, 2.24) is 15.0 Å². The van der Waals surface area contributed by atoms with Gasteiger partial charge in [0.1, 0.15) is 5.76 Å². The molecule has 1 fully saturated rings. The van der Waals surface area contributed by atoms with Crippen LogP contribution in [0.1, 0.15) is 58.3 Å². The fraction of sp³-hybridized carbons (Fsp3) is 0.400. The van der Waals surface area contributed by atoms with Gasteiger partial charge in [0.2, 0.25) is 5.91 Å². The van der Waals surface area contributed by atoms with Gasteiger partial charge in [-0.25, -0.2) is 0 Å². The van der Waals surface area contributed by atoms with Crippen LogP contribution in [0.4, 0.5) is 0 Å². The van der Waals surface area contributed by atoms with Gasteiger partial charge in [0.15, 0.2) is 0 Å². The summed E-state index contributed by atoms with van der Waals surface area (Å²) in [6, 6.07) is 12.3. The summed E-state index contributed by atoms with van der Waals surface area (Å²) in [4.78, 5) is 19.8. The highest BCUT2D eigenvalue weighted by atomic mass is 35.5. The van der Waals surface area contributed by atoms with E-state index in [2.05, 4.69) is 23.4 Å². The average molecular weight is 438 g/mol. The van der Waals surface area contributed by atoms with Crippen LogP contribution in [0.5, 0.6) is 0 Å². The molecule has 6 heteroatoms. The molecule has 1 aromatic carbocycles. The first-order valence-electron chi connectivity index (χ1n) is 10.8. The highest BCUT2D eigenvalue weighted by molar-refractivity contribution is 6.31. The van der Waals surface area contributed by atoms with Gasteiger partial charge >= 0.3 is 0 Å². The number of piperidine rings is 1. The van der Waals surface area contributed by atoms with E-state index in [1.165, 1.54) is 5.56 Å². The maximum atomic E-state index is 13.0. The van der Waals surface area contributed by atoms with Crippen LogP contribution in [0.15, 0.2) is 40.9 Å². The van der Waals surface area contributed by atoms with E-state index in [4.69, 9.17) is 21.1 Å². The van der Waals surface area contributed by atoms with Crippen LogP contribution in [0, 0.1) is 20.8 Å². The molecule has 1 amide bonds. The Hall–Kier alpha value is -2.66. The van der Waals surface area contributed by atoms with Crippen LogP contribution in [-0.4, -0.2) is 34.0 Å². The highest BCUT2D eigenvalue weighted by Crippen LogP contribution is 2.28. The number of hydrogen-bond acceptors (Lipinski definition) is 4. The van der Waals surface area contributed by atoms with E-state index in [0.29, 0.717) is 13.0 Å². The number of hydrogen-bond donors (Lipinski definition) is 0. The fourth-order valence-corrected chi connectivity index (χ4v) is 4.61. The van der Waals surface area contributed by atoms with Crippen molar-refractivity contribution in [2.45, 2.75) is 52.4 Å². The number of aromatic nitrogens is 2. The number of likely N-dealkylation sites (tertiary alicyclic amines) is 1. The molecule has 0 N–H and O–H groups in total. The molecule has 1 atom stereocenters. The van der Waals surface area contributed by atoms with Gasteiger partial charge in [0, 0.05) is 41.0 Å². The zero-order valence-corrected chi connectivity index (χ0v) is 19.1. The molecule has 0 spiro atoms. The lowest BCUT2D eigenvalue weighted by atomic mass is 9.92. The fourth-order valence-electron chi connectivity index (χ4n) is 4.40. The molecule has 0 unspecified atom stereocenters. The second-order valence-corrected chi connectivity index (χ2v) is 8.88. The molecule has 5 nitrogen and oxygen atoms in total. The topological polar surface area (TPSA) is 59.2 Å². The molecule has 1 aliphatic heterocycles. The zero-order chi connectivity index (χ0) is 22.0. The van der Waals surface area contributed by atoms with Crippen LogP contribution >= 0.6 is 11.6 Å². The van der Waals surface area contributed by atoms with E-state index in [0.717, 1.165) is 64.8 Å². The molecule has 0 aliphatic carbocycles. The van der Waals surface area contributed by atoms with Crippen LogP contribution < -0.4 is 0 Å². The molecular formula is C25H28ClN3O2. The second kappa shape index (κ2) is 9.23. The number of carbonyl (C=O) groups is 1. The molecule has 0 bridgehead atoms. The van der Waals surface area contributed by atoms with Gasteiger partial charge in [-0.2, -0.15) is 0 Å². The van der Waals surface area contributed by atoms with E-state index < -0.39 is 0 Å². The van der Waals surface area contributed by atoms with E-state index in [1.54, 1.807) is 0 Å². The van der Waals surface area contributed by atoms with E-state index in [1.807, 2.05) is 43.9 Å². The van der Waals surface area contributed by atoms with Gasteiger partial charge in [-0.15, -0.1) is 0 Å². The third-order valence-corrected chi connectivity index (χ3v) is 6.46. The van der Waals surface area contributed by atoms with Crippen molar-refractivity contribution in [3.05, 3.63) is 81.0 Å². The van der Waals surface area contributed by atoms with Crippen LogP contribution in [0.3, 0.4) is 0 Å². The summed E-state index contributed by atoms with van der Waals surface area (Å²) in [5, 5.41) is 4.76.